The maximum atomic E-state index is 11.8. The second-order valence-corrected chi connectivity index (χ2v) is 5.20. The molecule has 1 saturated carbocycles. The summed E-state index contributed by atoms with van der Waals surface area (Å²) in [6.07, 6.45) is 7.53. The second kappa shape index (κ2) is 6.50. The van der Waals surface area contributed by atoms with Crippen molar-refractivity contribution in [3.63, 3.8) is 0 Å². The molecule has 104 valence electrons. The van der Waals surface area contributed by atoms with Gasteiger partial charge in [-0.15, -0.1) is 0 Å². The van der Waals surface area contributed by atoms with E-state index < -0.39 is 5.97 Å². The first-order valence-electron chi connectivity index (χ1n) is 6.95. The number of hydrogen-bond donors (Lipinski definition) is 1. The lowest BCUT2D eigenvalue weighted by atomic mass is 9.96. The van der Waals surface area contributed by atoms with E-state index in [-0.39, 0.29) is 6.10 Å². The Morgan fingerprint density at radius 1 is 1.37 bits per heavy atom. The quantitative estimate of drug-likeness (QED) is 0.846. The zero-order valence-electron chi connectivity index (χ0n) is 11.6. The first kappa shape index (κ1) is 13.8. The van der Waals surface area contributed by atoms with Crippen LogP contribution in [0.2, 0.25) is 0 Å². The summed E-state index contributed by atoms with van der Waals surface area (Å²) in [5.74, 6) is 0.120. The van der Waals surface area contributed by atoms with Crippen LogP contribution < -0.4 is 5.32 Å². The lowest BCUT2D eigenvalue weighted by Gasteiger charge is -2.22. The molecule has 5 heteroatoms. The summed E-state index contributed by atoms with van der Waals surface area (Å²) in [4.78, 5) is 20.1. The number of ether oxygens (including phenoxy) is 1. The van der Waals surface area contributed by atoms with Crippen molar-refractivity contribution in [2.24, 2.45) is 0 Å². The Hall–Kier alpha value is -1.65. The molecular formula is C14H21N3O2. The zero-order valence-corrected chi connectivity index (χ0v) is 11.6. The number of carbonyl (C=O) groups is 1. The van der Waals surface area contributed by atoms with E-state index in [0.717, 1.165) is 12.8 Å². The molecule has 1 aromatic heterocycles. The van der Waals surface area contributed by atoms with Gasteiger partial charge < -0.3 is 10.1 Å². The van der Waals surface area contributed by atoms with Crippen LogP contribution in [0.4, 0.5) is 5.95 Å². The van der Waals surface area contributed by atoms with Gasteiger partial charge in [-0.05, 0) is 32.8 Å². The molecule has 1 aromatic rings. The van der Waals surface area contributed by atoms with Crippen LogP contribution in [0.5, 0.6) is 0 Å². The lowest BCUT2D eigenvalue weighted by molar-refractivity contribution is 0.0371. The van der Waals surface area contributed by atoms with Gasteiger partial charge in [-0.1, -0.05) is 19.3 Å². The predicted molar refractivity (Wildman–Crippen MR) is 73.1 cm³/mol. The highest BCUT2D eigenvalue weighted by atomic mass is 16.5. The molecule has 0 radical (unpaired) electrons. The molecule has 0 aromatic carbocycles. The summed E-state index contributed by atoms with van der Waals surface area (Å²) in [5.41, 5.74) is 0.307. The fraction of sp³-hybridized carbons (Fsp3) is 0.643. The topological polar surface area (TPSA) is 64.1 Å². The summed E-state index contributed by atoms with van der Waals surface area (Å²) in [7, 11) is 0. The summed E-state index contributed by atoms with van der Waals surface area (Å²) in [5, 5.41) is 3.30. The van der Waals surface area contributed by atoms with Gasteiger partial charge in [0.15, 0.2) is 5.69 Å². The van der Waals surface area contributed by atoms with Crippen LogP contribution in [0.15, 0.2) is 12.3 Å². The molecule has 2 rings (SSSR count). The lowest BCUT2D eigenvalue weighted by Crippen LogP contribution is -2.24. The van der Waals surface area contributed by atoms with Crippen LogP contribution in [0, 0.1) is 0 Å². The smallest absolute Gasteiger partial charge is 0.357 e. The fourth-order valence-corrected chi connectivity index (χ4v) is 2.25. The van der Waals surface area contributed by atoms with Crippen LogP contribution in [0.1, 0.15) is 56.4 Å². The van der Waals surface area contributed by atoms with E-state index in [9.17, 15) is 4.79 Å². The number of nitrogens with zero attached hydrogens (tertiary/aromatic N) is 2. The summed E-state index contributed by atoms with van der Waals surface area (Å²) < 4.78 is 5.12. The molecule has 0 amide bonds. The molecule has 0 saturated heterocycles. The molecule has 0 aliphatic heterocycles. The Morgan fingerprint density at radius 2 is 2.11 bits per heavy atom. The molecule has 0 spiro atoms. The molecule has 0 unspecified atom stereocenters. The molecule has 1 heterocycles. The largest absolute Gasteiger partial charge is 0.458 e. The third-order valence-corrected chi connectivity index (χ3v) is 3.15. The SMILES string of the molecule is CC(C)OC(=O)c1ccnc(NC2CCCCC2)n1. The van der Waals surface area contributed by atoms with Gasteiger partial charge in [0.1, 0.15) is 0 Å². The normalized spacial score (nSPS) is 16.4. The van der Waals surface area contributed by atoms with E-state index in [2.05, 4.69) is 15.3 Å². The van der Waals surface area contributed by atoms with Crippen LogP contribution in [0.3, 0.4) is 0 Å². The molecule has 1 aliphatic carbocycles. The number of carbonyl (C=O) groups excluding carboxylic acids is 1. The van der Waals surface area contributed by atoms with Crippen molar-refractivity contribution in [1.29, 1.82) is 0 Å². The number of anilines is 1. The minimum absolute atomic E-state index is 0.141. The third kappa shape index (κ3) is 4.19. The van der Waals surface area contributed by atoms with Crippen molar-refractivity contribution in [2.45, 2.75) is 58.1 Å². The molecule has 1 aliphatic rings. The van der Waals surface area contributed by atoms with Crippen molar-refractivity contribution in [2.75, 3.05) is 5.32 Å². The molecular weight excluding hydrogens is 242 g/mol. The maximum Gasteiger partial charge on any atom is 0.357 e. The van der Waals surface area contributed by atoms with Crippen molar-refractivity contribution in [3.8, 4) is 0 Å². The molecule has 1 fully saturated rings. The standard InChI is InChI=1S/C14H21N3O2/c1-10(2)19-13(18)12-8-9-15-14(17-12)16-11-6-4-3-5-7-11/h8-11H,3-7H2,1-2H3,(H,15,16,17). The Bertz CT molecular complexity index is 428. The highest BCUT2D eigenvalue weighted by Gasteiger charge is 2.16. The highest BCUT2D eigenvalue weighted by molar-refractivity contribution is 5.87. The van der Waals surface area contributed by atoms with Crippen LogP contribution >= 0.6 is 0 Å². The van der Waals surface area contributed by atoms with Crippen LogP contribution in [-0.2, 0) is 4.74 Å². The van der Waals surface area contributed by atoms with Gasteiger partial charge in [0.05, 0.1) is 6.10 Å². The van der Waals surface area contributed by atoms with Gasteiger partial charge in [0.25, 0.3) is 0 Å². The van der Waals surface area contributed by atoms with Gasteiger partial charge in [-0.25, -0.2) is 14.8 Å². The van der Waals surface area contributed by atoms with E-state index in [1.54, 1.807) is 12.3 Å². The van der Waals surface area contributed by atoms with Gasteiger partial charge in [-0.2, -0.15) is 0 Å². The van der Waals surface area contributed by atoms with E-state index in [1.165, 1.54) is 19.3 Å². The number of hydrogen-bond acceptors (Lipinski definition) is 5. The van der Waals surface area contributed by atoms with Crippen LogP contribution in [-0.4, -0.2) is 28.1 Å². The Labute approximate surface area is 113 Å². The van der Waals surface area contributed by atoms with Gasteiger partial charge in [-0.3, -0.25) is 0 Å². The van der Waals surface area contributed by atoms with Crippen molar-refractivity contribution < 1.29 is 9.53 Å². The minimum Gasteiger partial charge on any atom is -0.458 e. The molecule has 0 atom stereocenters. The van der Waals surface area contributed by atoms with E-state index in [0.29, 0.717) is 17.7 Å². The molecule has 5 nitrogen and oxygen atoms in total. The van der Waals surface area contributed by atoms with E-state index >= 15 is 0 Å². The summed E-state index contributed by atoms with van der Waals surface area (Å²) >= 11 is 0. The van der Waals surface area contributed by atoms with Gasteiger partial charge in [0.2, 0.25) is 5.95 Å². The van der Waals surface area contributed by atoms with Crippen molar-refractivity contribution >= 4 is 11.9 Å². The van der Waals surface area contributed by atoms with Gasteiger partial charge >= 0.3 is 5.97 Å². The number of esters is 1. The third-order valence-electron chi connectivity index (χ3n) is 3.15. The maximum absolute atomic E-state index is 11.8. The Balaban J connectivity index is 1.99. The number of aromatic nitrogens is 2. The highest BCUT2D eigenvalue weighted by Crippen LogP contribution is 2.20. The Kier molecular flexibility index (Phi) is 4.71. The van der Waals surface area contributed by atoms with Crippen molar-refractivity contribution in [3.05, 3.63) is 18.0 Å². The fourth-order valence-electron chi connectivity index (χ4n) is 2.25. The van der Waals surface area contributed by atoms with Crippen LogP contribution in [0.25, 0.3) is 0 Å². The Morgan fingerprint density at radius 3 is 2.79 bits per heavy atom. The average Bonchev–Trinajstić information content (AvgIpc) is 2.39. The monoisotopic (exact) mass is 263 g/mol. The average molecular weight is 263 g/mol. The van der Waals surface area contributed by atoms with E-state index in [4.69, 9.17) is 4.74 Å². The molecule has 0 bridgehead atoms. The van der Waals surface area contributed by atoms with E-state index in [1.807, 2.05) is 13.8 Å². The number of rotatable bonds is 4. The molecule has 19 heavy (non-hydrogen) atoms. The number of nitrogens with one attached hydrogen (secondary N) is 1. The zero-order chi connectivity index (χ0) is 13.7. The predicted octanol–water partition coefficient (Wildman–Crippen LogP) is 2.79. The van der Waals surface area contributed by atoms with Crippen molar-refractivity contribution in [1.82, 2.24) is 9.97 Å². The molecule has 1 N–H and O–H groups in total. The first-order chi connectivity index (χ1) is 9.15. The second-order valence-electron chi connectivity index (χ2n) is 5.20. The first-order valence-corrected chi connectivity index (χ1v) is 6.95. The summed E-state index contributed by atoms with van der Waals surface area (Å²) in [6.45, 7) is 3.64. The minimum atomic E-state index is -0.399. The summed E-state index contributed by atoms with van der Waals surface area (Å²) in [6, 6.07) is 2.00. The van der Waals surface area contributed by atoms with Gasteiger partial charge in [0, 0.05) is 12.2 Å².